The zero-order valence-electron chi connectivity index (χ0n) is 18.8. The first kappa shape index (κ1) is 24.3. The molecule has 1 aromatic heterocycles. The van der Waals surface area contributed by atoms with Crippen LogP contribution in [0.25, 0.3) is 0 Å². The number of anilines is 1. The molecular formula is C22H31ClN4O5. The Labute approximate surface area is 192 Å². The Kier molecular flexibility index (Phi) is 8.75. The molecule has 9 nitrogen and oxygen atoms in total. The molecule has 1 atom stereocenters. The summed E-state index contributed by atoms with van der Waals surface area (Å²) in [6, 6.07) is 8.78. The highest BCUT2D eigenvalue weighted by molar-refractivity contribution is 6.30. The summed E-state index contributed by atoms with van der Waals surface area (Å²) in [4.78, 5) is 28.7. The summed E-state index contributed by atoms with van der Waals surface area (Å²) in [5.41, 5.74) is -0.614. The molecular weight excluding hydrogens is 436 g/mol. The van der Waals surface area contributed by atoms with Crippen LogP contribution >= 0.6 is 11.6 Å². The van der Waals surface area contributed by atoms with E-state index in [1.165, 1.54) is 17.7 Å². The molecule has 0 bridgehead atoms. The first-order valence-electron chi connectivity index (χ1n) is 10.6. The average Bonchev–Trinajstić information content (AvgIpc) is 2.80. The van der Waals surface area contributed by atoms with Crippen LogP contribution in [0.2, 0.25) is 5.02 Å². The van der Waals surface area contributed by atoms with Crippen LogP contribution in [-0.4, -0.2) is 79.8 Å². The number of aromatic nitrogens is 2. The van der Waals surface area contributed by atoms with Gasteiger partial charge in [0, 0.05) is 65.0 Å². The Bertz CT molecular complexity index is 983. The van der Waals surface area contributed by atoms with Gasteiger partial charge in [-0.3, -0.25) is 18.8 Å². The lowest BCUT2D eigenvalue weighted by Gasteiger charge is -2.37. The molecule has 0 N–H and O–H groups in total. The number of ether oxygens (including phenoxy) is 3. The maximum absolute atomic E-state index is 12.2. The van der Waals surface area contributed by atoms with Crippen molar-refractivity contribution in [3.63, 3.8) is 0 Å². The zero-order chi connectivity index (χ0) is 23.1. The van der Waals surface area contributed by atoms with E-state index in [9.17, 15) is 9.59 Å². The van der Waals surface area contributed by atoms with Crippen molar-refractivity contribution in [3.8, 4) is 5.75 Å². The lowest BCUT2D eigenvalue weighted by Crippen LogP contribution is -2.51. The van der Waals surface area contributed by atoms with Gasteiger partial charge in [-0.25, -0.2) is 4.79 Å². The predicted octanol–water partition coefficient (Wildman–Crippen LogP) is 0.970. The summed E-state index contributed by atoms with van der Waals surface area (Å²) in [5.74, 6) is 1.39. The predicted molar refractivity (Wildman–Crippen MR) is 124 cm³/mol. The normalized spacial score (nSPS) is 15.7. The number of benzene rings is 1. The Morgan fingerprint density at radius 3 is 2.34 bits per heavy atom. The topological polar surface area (TPSA) is 78.2 Å². The maximum atomic E-state index is 12.2. The van der Waals surface area contributed by atoms with E-state index < -0.39 is 0 Å². The van der Waals surface area contributed by atoms with Gasteiger partial charge < -0.3 is 19.1 Å². The van der Waals surface area contributed by atoms with Gasteiger partial charge in [-0.1, -0.05) is 11.6 Å². The largest absolute Gasteiger partial charge is 0.491 e. The minimum Gasteiger partial charge on any atom is -0.491 e. The molecule has 1 aliphatic rings. The minimum atomic E-state index is -0.319. The second-order valence-electron chi connectivity index (χ2n) is 7.78. The number of methoxy groups -OCH3 is 1. The fraction of sp³-hybridized carbons (Fsp3) is 0.545. The fourth-order valence-corrected chi connectivity index (χ4v) is 3.77. The third kappa shape index (κ3) is 6.35. The van der Waals surface area contributed by atoms with Gasteiger partial charge in [0.15, 0.2) is 0 Å². The molecule has 0 spiro atoms. The smallest absolute Gasteiger partial charge is 0.332 e. The number of hydrogen-bond acceptors (Lipinski definition) is 7. The van der Waals surface area contributed by atoms with Gasteiger partial charge in [-0.2, -0.15) is 0 Å². The van der Waals surface area contributed by atoms with Crippen LogP contribution in [0, 0.1) is 0 Å². The molecule has 1 aliphatic heterocycles. The third-order valence-corrected chi connectivity index (χ3v) is 5.80. The van der Waals surface area contributed by atoms with Crippen LogP contribution in [0.5, 0.6) is 5.75 Å². The Hall–Kier alpha value is -2.33. The lowest BCUT2D eigenvalue weighted by atomic mass is 10.2. The first-order chi connectivity index (χ1) is 15.4. The molecule has 10 heteroatoms. The summed E-state index contributed by atoms with van der Waals surface area (Å²) in [6.07, 6.45) is -0.124. The highest BCUT2D eigenvalue weighted by Gasteiger charge is 2.23. The van der Waals surface area contributed by atoms with Gasteiger partial charge in [-0.15, -0.1) is 0 Å². The van der Waals surface area contributed by atoms with E-state index in [2.05, 4.69) is 9.80 Å². The lowest BCUT2D eigenvalue weighted by molar-refractivity contribution is -0.0225. The van der Waals surface area contributed by atoms with Gasteiger partial charge in [0.25, 0.3) is 5.56 Å². The standard InChI is InChI=1S/C22H31ClN4O5/c1-24-20(14-21(28)25(2)22(24)29)27-10-8-26(9-11-27)15-19(31-13-12-30-3)16-32-18-6-4-17(23)5-7-18/h4-7,14,19H,8-13,15-16H2,1-3H3. The van der Waals surface area contributed by atoms with Crippen LogP contribution in [0.15, 0.2) is 39.9 Å². The monoisotopic (exact) mass is 466 g/mol. The SMILES string of the molecule is COCCOC(COc1ccc(Cl)cc1)CN1CCN(c2cc(=O)n(C)c(=O)n2C)CC1. The average molecular weight is 467 g/mol. The summed E-state index contributed by atoms with van der Waals surface area (Å²) >= 11 is 5.94. The molecule has 1 saturated heterocycles. The second-order valence-corrected chi connectivity index (χ2v) is 8.22. The van der Waals surface area contributed by atoms with Crippen LogP contribution in [-0.2, 0) is 23.6 Å². The highest BCUT2D eigenvalue weighted by atomic mass is 35.5. The molecule has 176 valence electrons. The second kappa shape index (κ2) is 11.5. The molecule has 1 unspecified atom stereocenters. The van der Waals surface area contributed by atoms with Crippen molar-refractivity contribution in [2.45, 2.75) is 6.10 Å². The third-order valence-electron chi connectivity index (χ3n) is 5.55. The van der Waals surface area contributed by atoms with E-state index in [-0.39, 0.29) is 17.4 Å². The van der Waals surface area contributed by atoms with Crippen LogP contribution in [0.4, 0.5) is 5.82 Å². The van der Waals surface area contributed by atoms with Gasteiger partial charge in [-0.05, 0) is 24.3 Å². The van der Waals surface area contributed by atoms with Crippen molar-refractivity contribution in [1.82, 2.24) is 14.0 Å². The number of piperazine rings is 1. The van der Waals surface area contributed by atoms with E-state index in [4.69, 9.17) is 25.8 Å². The molecule has 2 aromatic rings. The van der Waals surface area contributed by atoms with E-state index in [1.807, 2.05) is 12.1 Å². The molecule has 2 heterocycles. The molecule has 3 rings (SSSR count). The van der Waals surface area contributed by atoms with Gasteiger partial charge in [0.2, 0.25) is 0 Å². The van der Waals surface area contributed by atoms with Crippen molar-refractivity contribution in [1.29, 1.82) is 0 Å². The van der Waals surface area contributed by atoms with E-state index in [1.54, 1.807) is 26.3 Å². The molecule has 1 fully saturated rings. The summed E-state index contributed by atoms with van der Waals surface area (Å²) < 4.78 is 19.6. The van der Waals surface area contributed by atoms with E-state index >= 15 is 0 Å². The van der Waals surface area contributed by atoms with Crippen molar-refractivity contribution < 1.29 is 14.2 Å². The molecule has 0 saturated carbocycles. The number of hydrogen-bond donors (Lipinski definition) is 0. The Morgan fingerprint density at radius 1 is 1.00 bits per heavy atom. The maximum Gasteiger partial charge on any atom is 0.332 e. The molecule has 32 heavy (non-hydrogen) atoms. The highest BCUT2D eigenvalue weighted by Crippen LogP contribution is 2.17. The minimum absolute atomic E-state index is 0.124. The first-order valence-corrected chi connectivity index (χ1v) is 11.0. The van der Waals surface area contributed by atoms with Crippen molar-refractivity contribution in [2.75, 3.05) is 64.6 Å². The van der Waals surface area contributed by atoms with Gasteiger partial charge in [0.05, 0.1) is 13.2 Å². The fourth-order valence-electron chi connectivity index (χ4n) is 3.64. The molecule has 1 aromatic carbocycles. The van der Waals surface area contributed by atoms with E-state index in [0.717, 1.165) is 23.4 Å². The summed E-state index contributed by atoms with van der Waals surface area (Å²) in [5, 5.41) is 0.664. The van der Waals surface area contributed by atoms with Crippen LogP contribution in [0.3, 0.4) is 0 Å². The molecule has 0 amide bonds. The Morgan fingerprint density at radius 2 is 1.69 bits per heavy atom. The summed E-state index contributed by atoms with van der Waals surface area (Å²) in [6.45, 7) is 5.12. The summed E-state index contributed by atoms with van der Waals surface area (Å²) in [7, 11) is 4.82. The quantitative estimate of drug-likeness (QED) is 0.483. The van der Waals surface area contributed by atoms with Crippen molar-refractivity contribution in [2.24, 2.45) is 14.1 Å². The van der Waals surface area contributed by atoms with Crippen LogP contribution < -0.4 is 20.9 Å². The Balaban J connectivity index is 1.57. The van der Waals surface area contributed by atoms with Crippen molar-refractivity contribution >= 4 is 17.4 Å². The zero-order valence-corrected chi connectivity index (χ0v) is 19.6. The van der Waals surface area contributed by atoms with Crippen LogP contribution in [0.1, 0.15) is 0 Å². The number of halogens is 1. The molecule has 0 aliphatic carbocycles. The number of rotatable bonds is 10. The van der Waals surface area contributed by atoms with Gasteiger partial charge >= 0.3 is 5.69 Å². The van der Waals surface area contributed by atoms with E-state index in [0.29, 0.717) is 50.3 Å². The number of nitrogens with zero attached hydrogens (tertiary/aromatic N) is 4. The van der Waals surface area contributed by atoms with Gasteiger partial charge in [0.1, 0.15) is 24.3 Å². The van der Waals surface area contributed by atoms with Crippen molar-refractivity contribution in [3.05, 3.63) is 56.2 Å². The molecule has 0 radical (unpaired) electrons.